The summed E-state index contributed by atoms with van der Waals surface area (Å²) < 4.78 is 82.5. The summed E-state index contributed by atoms with van der Waals surface area (Å²) in [6.07, 6.45) is -2.44. The number of ether oxygens (including phenoxy) is 2. The summed E-state index contributed by atoms with van der Waals surface area (Å²) in [6.45, 7) is 1.11. The fourth-order valence-electron chi connectivity index (χ4n) is 5.54. The van der Waals surface area contributed by atoms with Crippen molar-refractivity contribution in [1.82, 2.24) is 25.2 Å². The molecule has 10 nitrogen and oxygen atoms in total. The summed E-state index contributed by atoms with van der Waals surface area (Å²) in [5.74, 6) is -7.41. The van der Waals surface area contributed by atoms with Gasteiger partial charge in [0.25, 0.3) is 0 Å². The first-order chi connectivity index (χ1) is 20.4. The molecule has 0 radical (unpaired) electrons. The molecule has 0 amide bonds. The van der Waals surface area contributed by atoms with Gasteiger partial charge in [0.15, 0.2) is 17.5 Å². The Balaban J connectivity index is 1.50. The molecule has 0 bridgehead atoms. The number of hydrogen-bond acceptors (Lipinski definition) is 10. The normalized spacial score (nSPS) is 27.6. The summed E-state index contributed by atoms with van der Waals surface area (Å²) in [5.41, 5.74) is -1.81. The molecule has 1 saturated heterocycles. The molecule has 0 spiro atoms. The summed E-state index contributed by atoms with van der Waals surface area (Å²) >= 11 is 1.03. The molecule has 1 saturated carbocycles. The van der Waals surface area contributed by atoms with Crippen LogP contribution in [0.25, 0.3) is 11.3 Å². The van der Waals surface area contributed by atoms with E-state index in [9.17, 15) is 37.3 Å². The fraction of sp³-hybridized carbons (Fsp3) is 0.556. The maximum atomic E-state index is 14.1. The SMILES string of the molecule is CO[C@@H]1[C@@H](n2cc(-c3cc(F)c(F)c(F)c3)nn2)[C@@H](O)[C@@H](CO)O[C@H]1SC(c1nnccc1C)C1(O)CCC(F)(F)CC1. The van der Waals surface area contributed by atoms with E-state index in [1.807, 2.05) is 0 Å². The Morgan fingerprint density at radius 1 is 1.14 bits per heavy atom. The van der Waals surface area contributed by atoms with Crippen LogP contribution in [0.5, 0.6) is 0 Å². The van der Waals surface area contributed by atoms with E-state index in [1.54, 1.807) is 13.0 Å². The van der Waals surface area contributed by atoms with E-state index in [1.165, 1.54) is 24.2 Å². The van der Waals surface area contributed by atoms with E-state index in [-0.39, 0.29) is 24.1 Å². The zero-order valence-corrected chi connectivity index (χ0v) is 23.9. The van der Waals surface area contributed by atoms with Gasteiger partial charge < -0.3 is 24.8 Å². The summed E-state index contributed by atoms with van der Waals surface area (Å²) in [7, 11) is 1.33. The highest BCUT2D eigenvalue weighted by Gasteiger charge is 2.53. The van der Waals surface area contributed by atoms with Crippen molar-refractivity contribution in [3.05, 3.63) is 59.3 Å². The van der Waals surface area contributed by atoms with Crippen LogP contribution in [0.2, 0.25) is 0 Å². The van der Waals surface area contributed by atoms with Crippen molar-refractivity contribution in [3.63, 3.8) is 0 Å². The molecule has 1 aliphatic heterocycles. The smallest absolute Gasteiger partial charge is 0.248 e. The number of aryl methyl sites for hydroxylation is 1. The molecule has 5 rings (SSSR count). The van der Waals surface area contributed by atoms with E-state index >= 15 is 0 Å². The Morgan fingerprint density at radius 3 is 2.42 bits per heavy atom. The van der Waals surface area contributed by atoms with Crippen molar-refractivity contribution in [2.45, 2.75) is 79.2 Å². The van der Waals surface area contributed by atoms with Crippen molar-refractivity contribution >= 4 is 11.8 Å². The van der Waals surface area contributed by atoms with E-state index in [2.05, 4.69) is 20.5 Å². The number of nitrogens with zero attached hydrogens (tertiary/aromatic N) is 5. The van der Waals surface area contributed by atoms with Gasteiger partial charge in [-0.3, -0.25) is 0 Å². The molecular weight excluding hydrogens is 601 g/mol. The average molecular weight is 632 g/mol. The largest absolute Gasteiger partial charge is 0.394 e. The summed E-state index contributed by atoms with van der Waals surface area (Å²) in [5, 5.41) is 48.1. The number of alkyl halides is 2. The van der Waals surface area contributed by atoms with E-state index in [0.29, 0.717) is 11.3 Å². The van der Waals surface area contributed by atoms with Crippen molar-refractivity contribution < 1.29 is 46.7 Å². The highest BCUT2D eigenvalue weighted by molar-refractivity contribution is 8.00. The van der Waals surface area contributed by atoms with Gasteiger partial charge >= 0.3 is 0 Å². The topological polar surface area (TPSA) is 136 Å². The number of aliphatic hydroxyl groups is 3. The van der Waals surface area contributed by atoms with Crippen molar-refractivity contribution in [2.24, 2.45) is 0 Å². The monoisotopic (exact) mass is 631 g/mol. The van der Waals surface area contributed by atoms with Crippen LogP contribution in [0.4, 0.5) is 22.0 Å². The van der Waals surface area contributed by atoms with Gasteiger partial charge in [-0.05, 0) is 43.5 Å². The van der Waals surface area contributed by atoms with Crippen LogP contribution < -0.4 is 0 Å². The number of aromatic nitrogens is 5. The fourth-order valence-corrected chi connectivity index (χ4v) is 7.29. The molecule has 1 unspecified atom stereocenters. The molecule has 16 heteroatoms. The molecule has 1 aromatic carbocycles. The van der Waals surface area contributed by atoms with Crippen LogP contribution >= 0.6 is 11.8 Å². The van der Waals surface area contributed by atoms with E-state index in [4.69, 9.17) is 9.47 Å². The third kappa shape index (κ3) is 6.26. The molecule has 3 aromatic rings. The quantitative estimate of drug-likeness (QED) is 0.250. The minimum Gasteiger partial charge on any atom is -0.394 e. The lowest BCUT2D eigenvalue weighted by atomic mass is 9.79. The second-order valence-corrected chi connectivity index (χ2v) is 12.0. The molecule has 1 aliphatic carbocycles. The van der Waals surface area contributed by atoms with Gasteiger partial charge in [-0.1, -0.05) is 5.21 Å². The van der Waals surface area contributed by atoms with Gasteiger partial charge in [-0.2, -0.15) is 10.2 Å². The van der Waals surface area contributed by atoms with Gasteiger partial charge in [0.1, 0.15) is 35.5 Å². The maximum Gasteiger partial charge on any atom is 0.248 e. The highest BCUT2D eigenvalue weighted by atomic mass is 32.2. The molecule has 2 fully saturated rings. The number of thioether (sulfide) groups is 1. The lowest BCUT2D eigenvalue weighted by molar-refractivity contribution is -0.186. The molecule has 3 heterocycles. The number of halogens is 5. The van der Waals surface area contributed by atoms with Crippen LogP contribution in [0.15, 0.2) is 30.6 Å². The highest BCUT2D eigenvalue weighted by Crippen LogP contribution is 2.53. The van der Waals surface area contributed by atoms with Crippen LogP contribution in [0, 0.1) is 24.4 Å². The lowest BCUT2D eigenvalue weighted by Crippen LogP contribution is -2.56. The zero-order valence-electron chi connectivity index (χ0n) is 23.1. The third-order valence-corrected chi connectivity index (χ3v) is 9.59. The van der Waals surface area contributed by atoms with Crippen LogP contribution in [-0.2, 0) is 9.47 Å². The first-order valence-electron chi connectivity index (χ1n) is 13.5. The Hall–Kier alpha value is -2.76. The summed E-state index contributed by atoms with van der Waals surface area (Å²) in [4.78, 5) is 0. The molecule has 234 valence electrons. The molecular formula is C27H30F5N5O5S. The Kier molecular flexibility index (Phi) is 9.07. The minimum atomic E-state index is -2.92. The second-order valence-electron chi connectivity index (χ2n) is 10.8. The van der Waals surface area contributed by atoms with Crippen molar-refractivity contribution in [3.8, 4) is 11.3 Å². The summed E-state index contributed by atoms with van der Waals surface area (Å²) in [6, 6.07) is 2.09. The lowest BCUT2D eigenvalue weighted by Gasteiger charge is -2.47. The number of methoxy groups -OCH3 is 1. The van der Waals surface area contributed by atoms with E-state index in [0.717, 1.165) is 23.9 Å². The van der Waals surface area contributed by atoms with Gasteiger partial charge in [0, 0.05) is 31.7 Å². The van der Waals surface area contributed by atoms with E-state index < -0.39 is 83.5 Å². The van der Waals surface area contributed by atoms with Gasteiger partial charge in [0.05, 0.1) is 29.3 Å². The Morgan fingerprint density at radius 2 is 1.81 bits per heavy atom. The first-order valence-corrected chi connectivity index (χ1v) is 14.4. The molecule has 6 atom stereocenters. The predicted molar refractivity (Wildman–Crippen MR) is 142 cm³/mol. The molecule has 2 aliphatic rings. The van der Waals surface area contributed by atoms with Crippen LogP contribution in [-0.4, -0.2) is 89.5 Å². The minimum absolute atomic E-state index is 0.0402. The van der Waals surface area contributed by atoms with Gasteiger partial charge in [-0.25, -0.2) is 26.6 Å². The zero-order chi connectivity index (χ0) is 31.1. The van der Waals surface area contributed by atoms with Crippen LogP contribution in [0.1, 0.15) is 48.2 Å². The standard InChI is InChI=1S/C27H30F5N5O5S/c1-13-3-8-33-35-20(13)24(26(40)4-6-27(31,32)7-5-26)43-25-23(41-2)21(22(39)18(12-38)42-25)37-11-17(34-36-37)14-9-15(28)19(30)16(29)10-14/h3,8-11,18,21-25,38-40H,4-7,12H2,1-2H3/t18-,21+,22+,23-,24?,25+/m1/s1. The maximum absolute atomic E-state index is 14.1. The van der Waals surface area contributed by atoms with Gasteiger partial charge in [0.2, 0.25) is 5.92 Å². The molecule has 3 N–H and O–H groups in total. The molecule has 43 heavy (non-hydrogen) atoms. The number of hydrogen-bond donors (Lipinski definition) is 3. The third-order valence-electron chi connectivity index (χ3n) is 8.01. The number of rotatable bonds is 8. The van der Waals surface area contributed by atoms with Crippen LogP contribution in [0.3, 0.4) is 0 Å². The number of benzene rings is 1. The first kappa shape index (κ1) is 31.7. The second kappa shape index (κ2) is 12.3. The predicted octanol–water partition coefficient (Wildman–Crippen LogP) is 3.51. The average Bonchev–Trinajstić information content (AvgIpc) is 3.46. The number of aliphatic hydroxyl groups excluding tert-OH is 2. The van der Waals surface area contributed by atoms with Crippen molar-refractivity contribution in [2.75, 3.05) is 13.7 Å². The molecule has 2 aromatic heterocycles. The van der Waals surface area contributed by atoms with Crippen molar-refractivity contribution in [1.29, 1.82) is 0 Å². The van der Waals surface area contributed by atoms with Gasteiger partial charge in [-0.15, -0.1) is 16.9 Å². The Bertz CT molecular complexity index is 1420. The Labute approximate surface area is 247 Å².